The smallest absolute Gasteiger partial charge is 0.154 e. The molecule has 1 saturated heterocycles. The summed E-state index contributed by atoms with van der Waals surface area (Å²) in [4.78, 5) is 0. The van der Waals surface area contributed by atoms with Crippen LogP contribution in [-0.2, 0) is 4.74 Å². The normalized spacial score (nSPS) is 27.0. The van der Waals surface area contributed by atoms with Crippen molar-refractivity contribution < 1.29 is 9.84 Å². The van der Waals surface area contributed by atoms with Crippen LogP contribution in [0.5, 0.6) is 0 Å². The molecule has 1 aliphatic rings. The standard InChI is InChI=1S/C9H19NO2/c1-2-4-9(11)12-8-5-3-6-10-7-8/h8-11H,2-7H2,1H3. The SMILES string of the molecule is CCCC(O)OC1CCCNC1. The molecule has 0 aromatic carbocycles. The molecule has 3 nitrogen and oxygen atoms in total. The molecule has 0 aliphatic carbocycles. The third kappa shape index (κ3) is 3.52. The second-order valence-corrected chi connectivity index (χ2v) is 3.35. The highest BCUT2D eigenvalue weighted by atomic mass is 16.6. The molecule has 0 aromatic heterocycles. The van der Waals surface area contributed by atoms with Gasteiger partial charge in [0.1, 0.15) is 0 Å². The number of aliphatic hydroxyl groups excluding tert-OH is 1. The molecular formula is C9H19NO2. The Hall–Kier alpha value is -0.120. The molecule has 1 rings (SSSR count). The average molecular weight is 173 g/mol. The van der Waals surface area contributed by atoms with E-state index in [1.165, 1.54) is 0 Å². The zero-order valence-electron chi connectivity index (χ0n) is 7.75. The molecule has 0 radical (unpaired) electrons. The molecule has 1 aliphatic heterocycles. The zero-order valence-corrected chi connectivity index (χ0v) is 7.75. The van der Waals surface area contributed by atoms with Crippen molar-refractivity contribution in [2.45, 2.75) is 45.0 Å². The molecule has 0 aromatic rings. The number of hydrogen-bond donors (Lipinski definition) is 2. The van der Waals surface area contributed by atoms with Gasteiger partial charge < -0.3 is 15.2 Å². The van der Waals surface area contributed by atoms with Gasteiger partial charge in [-0.3, -0.25) is 0 Å². The average Bonchev–Trinajstić information content (AvgIpc) is 2.06. The second-order valence-electron chi connectivity index (χ2n) is 3.35. The van der Waals surface area contributed by atoms with Crippen molar-refractivity contribution in [3.05, 3.63) is 0 Å². The van der Waals surface area contributed by atoms with Crippen LogP contribution in [0.3, 0.4) is 0 Å². The van der Waals surface area contributed by atoms with Crippen molar-refractivity contribution in [2.75, 3.05) is 13.1 Å². The van der Waals surface area contributed by atoms with E-state index in [4.69, 9.17) is 4.74 Å². The highest BCUT2D eigenvalue weighted by Gasteiger charge is 2.16. The fourth-order valence-electron chi connectivity index (χ4n) is 1.47. The Balaban J connectivity index is 2.11. The van der Waals surface area contributed by atoms with E-state index < -0.39 is 6.29 Å². The maximum absolute atomic E-state index is 9.35. The lowest BCUT2D eigenvalue weighted by Gasteiger charge is -2.25. The predicted octanol–water partition coefficient (Wildman–Crippen LogP) is 0.874. The number of piperidine rings is 1. The van der Waals surface area contributed by atoms with Crippen LogP contribution >= 0.6 is 0 Å². The van der Waals surface area contributed by atoms with E-state index >= 15 is 0 Å². The summed E-state index contributed by atoms with van der Waals surface area (Å²) in [7, 11) is 0. The first kappa shape index (κ1) is 9.96. The predicted molar refractivity (Wildman–Crippen MR) is 47.9 cm³/mol. The largest absolute Gasteiger partial charge is 0.368 e. The quantitative estimate of drug-likeness (QED) is 0.620. The minimum atomic E-state index is -0.556. The molecule has 2 unspecified atom stereocenters. The van der Waals surface area contributed by atoms with Crippen LogP contribution in [-0.4, -0.2) is 30.6 Å². The van der Waals surface area contributed by atoms with Crippen LogP contribution in [0.4, 0.5) is 0 Å². The molecule has 72 valence electrons. The molecule has 2 atom stereocenters. The third-order valence-corrected chi connectivity index (χ3v) is 2.14. The third-order valence-electron chi connectivity index (χ3n) is 2.14. The minimum absolute atomic E-state index is 0.222. The second kappa shape index (κ2) is 5.51. The van der Waals surface area contributed by atoms with Gasteiger partial charge in [0.25, 0.3) is 0 Å². The Morgan fingerprint density at radius 2 is 2.50 bits per heavy atom. The molecule has 12 heavy (non-hydrogen) atoms. The Labute approximate surface area is 74.1 Å². The lowest BCUT2D eigenvalue weighted by molar-refractivity contribution is -0.142. The fraction of sp³-hybridized carbons (Fsp3) is 1.00. The molecule has 1 fully saturated rings. The van der Waals surface area contributed by atoms with Crippen molar-refractivity contribution in [3.8, 4) is 0 Å². The van der Waals surface area contributed by atoms with E-state index in [0.29, 0.717) is 0 Å². The molecule has 2 N–H and O–H groups in total. The molecule has 0 bridgehead atoms. The van der Waals surface area contributed by atoms with Crippen LogP contribution in [0.1, 0.15) is 32.6 Å². The van der Waals surface area contributed by atoms with Crippen molar-refractivity contribution >= 4 is 0 Å². The van der Waals surface area contributed by atoms with Crippen molar-refractivity contribution in [2.24, 2.45) is 0 Å². The Morgan fingerprint density at radius 3 is 3.08 bits per heavy atom. The van der Waals surface area contributed by atoms with Gasteiger partial charge in [0, 0.05) is 6.54 Å². The first-order valence-corrected chi connectivity index (χ1v) is 4.87. The summed E-state index contributed by atoms with van der Waals surface area (Å²) in [5.74, 6) is 0. The minimum Gasteiger partial charge on any atom is -0.368 e. The van der Waals surface area contributed by atoms with Crippen molar-refractivity contribution in [1.29, 1.82) is 0 Å². The van der Waals surface area contributed by atoms with E-state index in [1.807, 2.05) is 6.92 Å². The summed E-state index contributed by atoms with van der Waals surface area (Å²) in [5, 5.41) is 12.6. The van der Waals surface area contributed by atoms with Crippen LogP contribution in [0.2, 0.25) is 0 Å². The summed E-state index contributed by atoms with van der Waals surface area (Å²) in [6.07, 6.45) is 3.62. The summed E-state index contributed by atoms with van der Waals surface area (Å²) >= 11 is 0. The lowest BCUT2D eigenvalue weighted by atomic mass is 10.1. The van der Waals surface area contributed by atoms with E-state index in [0.717, 1.165) is 38.8 Å². The number of ether oxygens (including phenoxy) is 1. The first-order valence-electron chi connectivity index (χ1n) is 4.87. The van der Waals surface area contributed by atoms with Gasteiger partial charge in [-0.1, -0.05) is 13.3 Å². The highest BCUT2D eigenvalue weighted by Crippen LogP contribution is 2.09. The summed E-state index contributed by atoms with van der Waals surface area (Å²) in [6.45, 7) is 4.02. The maximum atomic E-state index is 9.35. The van der Waals surface area contributed by atoms with E-state index in [1.54, 1.807) is 0 Å². The zero-order chi connectivity index (χ0) is 8.81. The van der Waals surface area contributed by atoms with Gasteiger partial charge >= 0.3 is 0 Å². The van der Waals surface area contributed by atoms with Crippen molar-refractivity contribution in [3.63, 3.8) is 0 Å². The molecule has 0 amide bonds. The van der Waals surface area contributed by atoms with Gasteiger partial charge in [-0.15, -0.1) is 0 Å². The van der Waals surface area contributed by atoms with Gasteiger partial charge in [0.05, 0.1) is 6.10 Å². The summed E-state index contributed by atoms with van der Waals surface area (Å²) < 4.78 is 5.42. The Bertz CT molecular complexity index is 113. The summed E-state index contributed by atoms with van der Waals surface area (Å²) in [6, 6.07) is 0. The van der Waals surface area contributed by atoms with Gasteiger partial charge in [0.15, 0.2) is 6.29 Å². The van der Waals surface area contributed by atoms with E-state index in [2.05, 4.69) is 5.32 Å². The Morgan fingerprint density at radius 1 is 1.67 bits per heavy atom. The van der Waals surface area contributed by atoms with Crippen LogP contribution in [0.25, 0.3) is 0 Å². The fourth-order valence-corrected chi connectivity index (χ4v) is 1.47. The van der Waals surface area contributed by atoms with Crippen LogP contribution in [0.15, 0.2) is 0 Å². The number of hydrogen-bond acceptors (Lipinski definition) is 3. The van der Waals surface area contributed by atoms with Crippen molar-refractivity contribution in [1.82, 2.24) is 5.32 Å². The molecule has 0 spiro atoms. The summed E-state index contributed by atoms with van der Waals surface area (Å²) in [5.41, 5.74) is 0. The van der Waals surface area contributed by atoms with Gasteiger partial charge in [-0.2, -0.15) is 0 Å². The van der Waals surface area contributed by atoms with E-state index in [9.17, 15) is 5.11 Å². The number of aliphatic hydroxyl groups is 1. The monoisotopic (exact) mass is 173 g/mol. The molecule has 3 heteroatoms. The van der Waals surface area contributed by atoms with Gasteiger partial charge in [0.2, 0.25) is 0 Å². The highest BCUT2D eigenvalue weighted by molar-refractivity contribution is 4.68. The Kier molecular flexibility index (Phi) is 4.58. The number of nitrogens with one attached hydrogen (secondary N) is 1. The van der Waals surface area contributed by atoms with Gasteiger partial charge in [-0.05, 0) is 25.8 Å². The lowest BCUT2D eigenvalue weighted by Crippen LogP contribution is -2.37. The van der Waals surface area contributed by atoms with Crippen LogP contribution in [0, 0.1) is 0 Å². The van der Waals surface area contributed by atoms with Gasteiger partial charge in [-0.25, -0.2) is 0 Å². The molecule has 0 saturated carbocycles. The van der Waals surface area contributed by atoms with Crippen LogP contribution < -0.4 is 5.32 Å². The molecular weight excluding hydrogens is 154 g/mol. The molecule has 1 heterocycles. The van der Waals surface area contributed by atoms with E-state index in [-0.39, 0.29) is 6.10 Å². The maximum Gasteiger partial charge on any atom is 0.154 e. The number of rotatable bonds is 4. The first-order chi connectivity index (χ1) is 5.83. The topological polar surface area (TPSA) is 41.5 Å².